The second-order valence-electron chi connectivity index (χ2n) is 5.11. The molecule has 0 unspecified atom stereocenters. The molecule has 1 aromatic carbocycles. The fourth-order valence-electron chi connectivity index (χ4n) is 1.56. The standard InChI is InChI=1S/C16H19Cl2NO3/c1-11(2)8-9-19-15(20)10-22-16(21)7-6-12-13(17)4-3-5-14(12)18/h3-7,11H,8-10H2,1-2H3,(H,19,20)/b7-6+. The van der Waals surface area contributed by atoms with Crippen LogP contribution in [0.1, 0.15) is 25.8 Å². The fraction of sp³-hybridized carbons (Fsp3) is 0.375. The molecule has 0 heterocycles. The second kappa shape index (κ2) is 9.49. The molecule has 0 saturated carbocycles. The summed E-state index contributed by atoms with van der Waals surface area (Å²) in [5.41, 5.74) is 0.532. The number of amides is 1. The van der Waals surface area contributed by atoms with Gasteiger partial charge >= 0.3 is 5.97 Å². The summed E-state index contributed by atoms with van der Waals surface area (Å²) in [6, 6.07) is 5.04. The van der Waals surface area contributed by atoms with Gasteiger partial charge in [0.15, 0.2) is 6.61 Å². The van der Waals surface area contributed by atoms with Crippen LogP contribution in [0.5, 0.6) is 0 Å². The largest absolute Gasteiger partial charge is 0.452 e. The van der Waals surface area contributed by atoms with Crippen molar-refractivity contribution < 1.29 is 14.3 Å². The molecule has 0 bridgehead atoms. The van der Waals surface area contributed by atoms with Crippen molar-refractivity contribution in [3.63, 3.8) is 0 Å². The molecule has 0 aliphatic carbocycles. The number of rotatable bonds is 7. The van der Waals surface area contributed by atoms with E-state index in [9.17, 15) is 9.59 Å². The van der Waals surface area contributed by atoms with E-state index in [1.165, 1.54) is 12.2 Å². The Balaban J connectivity index is 2.40. The van der Waals surface area contributed by atoms with Gasteiger partial charge < -0.3 is 10.1 Å². The molecule has 0 aromatic heterocycles. The number of carbonyl (C=O) groups excluding carboxylic acids is 2. The van der Waals surface area contributed by atoms with Gasteiger partial charge in [0.05, 0.1) is 0 Å². The molecule has 0 spiro atoms. The first kappa shape index (κ1) is 18.5. The zero-order chi connectivity index (χ0) is 16.5. The molecule has 22 heavy (non-hydrogen) atoms. The lowest BCUT2D eigenvalue weighted by Crippen LogP contribution is -2.29. The number of benzene rings is 1. The summed E-state index contributed by atoms with van der Waals surface area (Å²) in [4.78, 5) is 23.0. The van der Waals surface area contributed by atoms with Gasteiger partial charge in [-0.25, -0.2) is 4.79 Å². The van der Waals surface area contributed by atoms with E-state index in [0.717, 1.165) is 6.42 Å². The predicted molar refractivity (Wildman–Crippen MR) is 88.9 cm³/mol. The number of carbonyl (C=O) groups is 2. The van der Waals surface area contributed by atoms with Crippen LogP contribution < -0.4 is 5.32 Å². The van der Waals surface area contributed by atoms with Crippen molar-refractivity contribution in [2.75, 3.05) is 13.2 Å². The first-order valence-corrected chi connectivity index (χ1v) is 7.71. The van der Waals surface area contributed by atoms with E-state index in [0.29, 0.717) is 28.1 Å². The minimum Gasteiger partial charge on any atom is -0.452 e. The van der Waals surface area contributed by atoms with Gasteiger partial charge in [-0.15, -0.1) is 0 Å². The van der Waals surface area contributed by atoms with E-state index >= 15 is 0 Å². The monoisotopic (exact) mass is 343 g/mol. The maximum Gasteiger partial charge on any atom is 0.331 e. The third kappa shape index (κ3) is 6.96. The molecule has 0 atom stereocenters. The van der Waals surface area contributed by atoms with Crippen LogP contribution in [0, 0.1) is 5.92 Å². The molecule has 1 rings (SSSR count). The van der Waals surface area contributed by atoms with Crippen molar-refractivity contribution >= 4 is 41.2 Å². The average molecular weight is 344 g/mol. The number of nitrogens with one attached hydrogen (secondary N) is 1. The topological polar surface area (TPSA) is 55.4 Å². The van der Waals surface area contributed by atoms with Gasteiger partial charge in [-0.2, -0.15) is 0 Å². The van der Waals surface area contributed by atoms with Crippen LogP contribution in [0.15, 0.2) is 24.3 Å². The van der Waals surface area contributed by atoms with Crippen LogP contribution in [0.4, 0.5) is 0 Å². The Labute approximate surface area is 140 Å². The highest BCUT2D eigenvalue weighted by Crippen LogP contribution is 2.25. The summed E-state index contributed by atoms with van der Waals surface area (Å²) in [5, 5.41) is 3.55. The van der Waals surface area contributed by atoms with Gasteiger partial charge in [-0.05, 0) is 30.5 Å². The smallest absolute Gasteiger partial charge is 0.331 e. The summed E-state index contributed by atoms with van der Waals surface area (Å²) in [6.07, 6.45) is 3.53. The van der Waals surface area contributed by atoms with Crippen molar-refractivity contribution in [2.45, 2.75) is 20.3 Å². The molecule has 0 aliphatic heterocycles. The van der Waals surface area contributed by atoms with Crippen LogP contribution in [-0.4, -0.2) is 25.0 Å². The predicted octanol–water partition coefficient (Wildman–Crippen LogP) is 3.71. The highest BCUT2D eigenvalue weighted by Gasteiger charge is 2.06. The van der Waals surface area contributed by atoms with Crippen LogP contribution in [0.25, 0.3) is 6.08 Å². The van der Waals surface area contributed by atoms with Gasteiger partial charge in [0.1, 0.15) is 0 Å². The van der Waals surface area contributed by atoms with E-state index in [1.54, 1.807) is 18.2 Å². The van der Waals surface area contributed by atoms with Crippen molar-refractivity contribution in [1.82, 2.24) is 5.32 Å². The third-order valence-electron chi connectivity index (χ3n) is 2.78. The first-order chi connectivity index (χ1) is 10.4. The molecule has 0 radical (unpaired) electrons. The SMILES string of the molecule is CC(C)CCNC(=O)COC(=O)/C=C/c1c(Cl)cccc1Cl. The van der Waals surface area contributed by atoms with E-state index in [2.05, 4.69) is 19.2 Å². The lowest BCUT2D eigenvalue weighted by atomic mass is 10.1. The molecule has 0 aliphatic rings. The summed E-state index contributed by atoms with van der Waals surface area (Å²) >= 11 is 11.9. The Morgan fingerprint density at radius 2 is 1.91 bits per heavy atom. The van der Waals surface area contributed by atoms with Gasteiger partial charge in [-0.3, -0.25) is 4.79 Å². The zero-order valence-corrected chi connectivity index (χ0v) is 14.1. The lowest BCUT2D eigenvalue weighted by molar-refractivity contribution is -0.143. The molecule has 1 amide bonds. The molecule has 120 valence electrons. The van der Waals surface area contributed by atoms with Crippen LogP contribution >= 0.6 is 23.2 Å². The molecule has 0 fully saturated rings. The highest BCUT2D eigenvalue weighted by molar-refractivity contribution is 6.37. The Kier molecular flexibility index (Phi) is 7.99. The third-order valence-corrected chi connectivity index (χ3v) is 3.43. The molecule has 1 aromatic rings. The quantitative estimate of drug-likeness (QED) is 0.606. The van der Waals surface area contributed by atoms with E-state index < -0.39 is 5.97 Å². The Hall–Kier alpha value is -1.52. The Morgan fingerprint density at radius 3 is 2.50 bits per heavy atom. The second-order valence-corrected chi connectivity index (χ2v) is 5.92. The number of hydrogen-bond donors (Lipinski definition) is 1. The van der Waals surface area contributed by atoms with Crippen molar-refractivity contribution in [1.29, 1.82) is 0 Å². The van der Waals surface area contributed by atoms with Crippen LogP contribution in [-0.2, 0) is 14.3 Å². The summed E-state index contributed by atoms with van der Waals surface area (Å²) in [5.74, 6) is -0.445. The highest BCUT2D eigenvalue weighted by atomic mass is 35.5. The average Bonchev–Trinajstić information content (AvgIpc) is 2.44. The van der Waals surface area contributed by atoms with Gasteiger partial charge in [0.2, 0.25) is 0 Å². The van der Waals surface area contributed by atoms with Gasteiger partial charge in [-0.1, -0.05) is 43.1 Å². The summed E-state index contributed by atoms with van der Waals surface area (Å²) in [7, 11) is 0. The van der Waals surface area contributed by atoms with Crippen LogP contribution in [0.3, 0.4) is 0 Å². The number of hydrogen-bond acceptors (Lipinski definition) is 3. The first-order valence-electron chi connectivity index (χ1n) is 6.95. The lowest BCUT2D eigenvalue weighted by Gasteiger charge is -2.07. The van der Waals surface area contributed by atoms with E-state index in [4.69, 9.17) is 27.9 Å². The Morgan fingerprint density at radius 1 is 1.27 bits per heavy atom. The minimum atomic E-state index is -0.630. The van der Waals surface area contributed by atoms with Crippen molar-refractivity contribution in [3.8, 4) is 0 Å². The van der Waals surface area contributed by atoms with Crippen molar-refractivity contribution in [2.24, 2.45) is 5.92 Å². The van der Waals surface area contributed by atoms with Gasteiger partial charge in [0.25, 0.3) is 5.91 Å². The van der Waals surface area contributed by atoms with E-state index in [-0.39, 0.29) is 12.5 Å². The molecule has 1 N–H and O–H groups in total. The number of esters is 1. The maximum absolute atomic E-state index is 11.6. The molecular formula is C16H19Cl2NO3. The Bertz CT molecular complexity index is 536. The fourth-order valence-corrected chi connectivity index (χ4v) is 2.08. The summed E-state index contributed by atoms with van der Waals surface area (Å²) < 4.78 is 4.84. The van der Waals surface area contributed by atoms with E-state index in [1.807, 2.05) is 0 Å². The van der Waals surface area contributed by atoms with Gasteiger partial charge in [0, 0.05) is 28.2 Å². The zero-order valence-electron chi connectivity index (χ0n) is 12.6. The number of halogens is 2. The minimum absolute atomic E-state index is 0.308. The van der Waals surface area contributed by atoms with Crippen molar-refractivity contribution in [3.05, 3.63) is 39.9 Å². The van der Waals surface area contributed by atoms with Crippen LogP contribution in [0.2, 0.25) is 10.0 Å². The molecule has 0 saturated heterocycles. The molecule has 6 heteroatoms. The normalized spacial score (nSPS) is 11.0. The summed E-state index contributed by atoms with van der Waals surface area (Å²) in [6.45, 7) is 4.39. The maximum atomic E-state index is 11.6. The molecular weight excluding hydrogens is 325 g/mol. The number of ether oxygens (including phenoxy) is 1. The molecule has 4 nitrogen and oxygen atoms in total.